The van der Waals surface area contributed by atoms with Crippen molar-refractivity contribution in [3.8, 4) is 0 Å². The van der Waals surface area contributed by atoms with E-state index in [1.54, 1.807) is 0 Å². The summed E-state index contributed by atoms with van der Waals surface area (Å²) in [6, 6.07) is -3.74. The van der Waals surface area contributed by atoms with Gasteiger partial charge < -0.3 is 32.1 Å². The van der Waals surface area contributed by atoms with E-state index in [1.807, 2.05) is 20.1 Å². The smallest absolute Gasteiger partial charge is 0.326 e. The maximum absolute atomic E-state index is 13.1. The average molecular weight is 488 g/mol. The molecule has 7 N–H and O–H groups in total. The van der Waals surface area contributed by atoms with Crippen molar-refractivity contribution in [3.05, 3.63) is 0 Å². The van der Waals surface area contributed by atoms with Crippen LogP contribution in [0.1, 0.15) is 52.4 Å². The van der Waals surface area contributed by atoms with Gasteiger partial charge >= 0.3 is 5.97 Å². The third-order valence-electron chi connectivity index (χ3n) is 5.42. The molecule has 0 radical (unpaired) electrons. The van der Waals surface area contributed by atoms with Crippen molar-refractivity contribution < 1.29 is 29.1 Å². The second-order valence-electron chi connectivity index (χ2n) is 8.67. The Morgan fingerprint density at radius 1 is 1.09 bits per heavy atom. The molecule has 1 rings (SSSR count). The van der Waals surface area contributed by atoms with Crippen LogP contribution in [0.4, 0.5) is 0 Å². The van der Waals surface area contributed by atoms with Crippen LogP contribution in [-0.4, -0.2) is 82.3 Å². The molecule has 1 fully saturated rings. The van der Waals surface area contributed by atoms with E-state index in [1.165, 1.54) is 16.7 Å². The fraction of sp³-hybridized carbons (Fsp3) is 0.762. The molecule has 0 aromatic rings. The number of hydrogen-bond acceptors (Lipinski definition) is 7. The Bertz CT molecular complexity index is 719. The number of carboxylic acid groups (broad SMARTS) is 1. The van der Waals surface area contributed by atoms with Crippen molar-refractivity contribution >= 4 is 41.4 Å². The Balaban J connectivity index is 2.94. The minimum absolute atomic E-state index is 0.0531. The van der Waals surface area contributed by atoms with E-state index in [2.05, 4.69) is 10.6 Å². The maximum atomic E-state index is 13.1. The summed E-state index contributed by atoms with van der Waals surface area (Å²) in [4.78, 5) is 62.4. The number of carbonyl (C=O) groups is 5. The van der Waals surface area contributed by atoms with Gasteiger partial charge in [0.05, 0.1) is 6.04 Å². The zero-order valence-electron chi connectivity index (χ0n) is 19.5. The number of amides is 4. The van der Waals surface area contributed by atoms with E-state index in [4.69, 9.17) is 11.5 Å². The highest BCUT2D eigenvalue weighted by molar-refractivity contribution is 7.98. The number of hydrogen-bond donors (Lipinski definition) is 5. The first-order chi connectivity index (χ1) is 15.5. The molecule has 0 aliphatic carbocycles. The van der Waals surface area contributed by atoms with Gasteiger partial charge in [0.15, 0.2) is 0 Å². The van der Waals surface area contributed by atoms with Gasteiger partial charge in [0.2, 0.25) is 23.6 Å². The second kappa shape index (κ2) is 14.0. The van der Waals surface area contributed by atoms with Crippen LogP contribution in [-0.2, 0) is 24.0 Å². The lowest BCUT2D eigenvalue weighted by Crippen LogP contribution is -2.57. The molecule has 4 atom stereocenters. The van der Waals surface area contributed by atoms with E-state index in [0.29, 0.717) is 38.0 Å². The van der Waals surface area contributed by atoms with Crippen LogP contribution < -0.4 is 22.1 Å². The molecule has 0 spiro atoms. The monoisotopic (exact) mass is 487 g/mol. The Hall–Kier alpha value is -2.34. The lowest BCUT2D eigenvalue weighted by molar-refractivity contribution is -0.149. The van der Waals surface area contributed by atoms with Crippen LogP contribution >= 0.6 is 11.8 Å². The maximum Gasteiger partial charge on any atom is 0.326 e. The molecule has 1 saturated heterocycles. The third-order valence-corrected chi connectivity index (χ3v) is 6.07. The lowest BCUT2D eigenvalue weighted by Gasteiger charge is -2.29. The average Bonchev–Trinajstić information content (AvgIpc) is 3.23. The van der Waals surface area contributed by atoms with Gasteiger partial charge in [0, 0.05) is 13.0 Å². The number of aliphatic carboxylic acids is 1. The van der Waals surface area contributed by atoms with Gasteiger partial charge in [0.1, 0.15) is 18.1 Å². The number of carbonyl (C=O) groups excluding carboxylic acids is 4. The Morgan fingerprint density at radius 3 is 2.27 bits per heavy atom. The Kier molecular flexibility index (Phi) is 12.2. The molecule has 0 saturated carbocycles. The van der Waals surface area contributed by atoms with Crippen LogP contribution in [0.25, 0.3) is 0 Å². The van der Waals surface area contributed by atoms with Crippen LogP contribution in [0.15, 0.2) is 0 Å². The molecule has 33 heavy (non-hydrogen) atoms. The normalized spacial score (nSPS) is 18.5. The second-order valence-corrected chi connectivity index (χ2v) is 9.66. The molecule has 0 aromatic heterocycles. The number of primary amides is 1. The van der Waals surface area contributed by atoms with E-state index in [0.717, 1.165) is 0 Å². The summed E-state index contributed by atoms with van der Waals surface area (Å²) in [5, 5.41) is 14.8. The van der Waals surface area contributed by atoms with Crippen molar-refractivity contribution in [1.29, 1.82) is 0 Å². The fourth-order valence-corrected chi connectivity index (χ4v) is 4.13. The summed E-state index contributed by atoms with van der Waals surface area (Å²) >= 11 is 1.50. The molecule has 0 bridgehead atoms. The van der Waals surface area contributed by atoms with Crippen molar-refractivity contribution in [1.82, 2.24) is 15.5 Å². The summed E-state index contributed by atoms with van der Waals surface area (Å²) in [5.41, 5.74) is 10.9. The van der Waals surface area contributed by atoms with Gasteiger partial charge in [-0.2, -0.15) is 11.8 Å². The predicted molar refractivity (Wildman–Crippen MR) is 125 cm³/mol. The Labute approximate surface area is 198 Å². The van der Waals surface area contributed by atoms with Gasteiger partial charge in [-0.05, 0) is 50.0 Å². The highest BCUT2D eigenvalue weighted by Gasteiger charge is 2.38. The first kappa shape index (κ1) is 28.7. The van der Waals surface area contributed by atoms with Crippen molar-refractivity contribution in [3.63, 3.8) is 0 Å². The van der Waals surface area contributed by atoms with Gasteiger partial charge in [-0.15, -0.1) is 0 Å². The number of likely N-dealkylation sites (tertiary alicyclic amines) is 1. The molecule has 1 aliphatic rings. The molecule has 12 heteroatoms. The summed E-state index contributed by atoms with van der Waals surface area (Å²) in [5.74, 6) is -2.56. The van der Waals surface area contributed by atoms with Crippen molar-refractivity contribution in [2.24, 2.45) is 17.4 Å². The summed E-state index contributed by atoms with van der Waals surface area (Å²) < 4.78 is 0. The van der Waals surface area contributed by atoms with Gasteiger partial charge in [0.25, 0.3) is 0 Å². The molecule has 1 aliphatic heterocycles. The quantitative estimate of drug-likeness (QED) is 0.215. The van der Waals surface area contributed by atoms with E-state index in [-0.39, 0.29) is 18.8 Å². The van der Waals surface area contributed by atoms with E-state index in [9.17, 15) is 29.1 Å². The number of thioether (sulfide) groups is 1. The highest BCUT2D eigenvalue weighted by Crippen LogP contribution is 2.20. The summed E-state index contributed by atoms with van der Waals surface area (Å²) in [6.07, 6.45) is 3.47. The van der Waals surface area contributed by atoms with Crippen molar-refractivity contribution in [2.75, 3.05) is 18.6 Å². The number of rotatable bonds is 14. The highest BCUT2D eigenvalue weighted by atomic mass is 32.2. The van der Waals surface area contributed by atoms with Crippen LogP contribution in [0.3, 0.4) is 0 Å². The Morgan fingerprint density at radius 2 is 1.73 bits per heavy atom. The molecule has 188 valence electrons. The van der Waals surface area contributed by atoms with Crippen LogP contribution in [0.5, 0.6) is 0 Å². The lowest BCUT2D eigenvalue weighted by atomic mass is 10.0. The standard InChI is InChI=1S/C21H37N5O6S/c1-12(2)11-15(25-18(28)13(22)6-7-17(23)27)19(29)24-14(8-10-33-3)20(30)26-9-4-5-16(26)21(31)32/h12-16H,4-11,22H2,1-3H3,(H2,23,27)(H,24,29)(H,25,28)(H,31,32). The molecular weight excluding hydrogens is 450 g/mol. The fourth-order valence-electron chi connectivity index (χ4n) is 3.66. The number of nitrogens with zero attached hydrogens (tertiary/aromatic N) is 1. The zero-order chi connectivity index (χ0) is 25.1. The molecule has 11 nitrogen and oxygen atoms in total. The minimum Gasteiger partial charge on any atom is -0.480 e. The van der Waals surface area contributed by atoms with Crippen molar-refractivity contribution in [2.45, 2.75) is 76.5 Å². The van der Waals surface area contributed by atoms with E-state index >= 15 is 0 Å². The van der Waals surface area contributed by atoms with Crippen LogP contribution in [0.2, 0.25) is 0 Å². The SMILES string of the molecule is CSCCC(NC(=O)C(CC(C)C)NC(=O)C(N)CCC(N)=O)C(=O)N1CCCC1C(=O)O. The number of carboxylic acids is 1. The summed E-state index contributed by atoms with van der Waals surface area (Å²) in [6.45, 7) is 4.09. The first-order valence-electron chi connectivity index (χ1n) is 11.1. The number of nitrogens with two attached hydrogens (primary N) is 2. The molecule has 0 aromatic carbocycles. The van der Waals surface area contributed by atoms with Gasteiger partial charge in [-0.25, -0.2) is 4.79 Å². The van der Waals surface area contributed by atoms with Gasteiger partial charge in [-0.1, -0.05) is 13.8 Å². The molecule has 1 heterocycles. The van der Waals surface area contributed by atoms with Crippen LogP contribution in [0, 0.1) is 5.92 Å². The predicted octanol–water partition coefficient (Wildman–Crippen LogP) is -0.576. The van der Waals surface area contributed by atoms with E-state index < -0.39 is 53.8 Å². The molecule has 4 amide bonds. The topological polar surface area (TPSA) is 185 Å². The largest absolute Gasteiger partial charge is 0.480 e. The van der Waals surface area contributed by atoms with Gasteiger partial charge in [-0.3, -0.25) is 19.2 Å². The molecular formula is C21H37N5O6S. The number of nitrogens with one attached hydrogen (secondary N) is 2. The zero-order valence-corrected chi connectivity index (χ0v) is 20.4. The first-order valence-corrected chi connectivity index (χ1v) is 12.5. The minimum atomic E-state index is -1.06. The summed E-state index contributed by atoms with van der Waals surface area (Å²) in [7, 11) is 0. The third kappa shape index (κ3) is 9.58. The molecule has 4 unspecified atom stereocenters.